The first-order chi connectivity index (χ1) is 16.9. The van der Waals surface area contributed by atoms with E-state index in [-0.39, 0.29) is 18.8 Å². The molecule has 5 heteroatoms. The van der Waals surface area contributed by atoms with Crippen LogP contribution in [0.2, 0.25) is 0 Å². The van der Waals surface area contributed by atoms with Crippen LogP contribution in [0.1, 0.15) is 121 Å². The van der Waals surface area contributed by atoms with Gasteiger partial charge in [0.15, 0.2) is 0 Å². The molecule has 0 aliphatic heterocycles. The summed E-state index contributed by atoms with van der Waals surface area (Å²) in [6.07, 6.45) is 16.9. The van der Waals surface area contributed by atoms with Crippen LogP contribution >= 0.6 is 0 Å². The Morgan fingerprint density at radius 2 is 1.37 bits per heavy atom. The van der Waals surface area contributed by atoms with E-state index in [9.17, 15) is 14.4 Å². The van der Waals surface area contributed by atoms with E-state index in [4.69, 9.17) is 9.84 Å². The van der Waals surface area contributed by atoms with Crippen molar-refractivity contribution in [3.63, 3.8) is 0 Å². The number of benzene rings is 1. The van der Waals surface area contributed by atoms with Crippen molar-refractivity contribution in [2.45, 2.75) is 122 Å². The van der Waals surface area contributed by atoms with Crippen LogP contribution in [0.15, 0.2) is 24.3 Å². The number of rotatable bonds is 15. The third kappa shape index (κ3) is 8.18. The molecule has 0 saturated heterocycles. The van der Waals surface area contributed by atoms with Crippen LogP contribution in [0.3, 0.4) is 0 Å². The van der Waals surface area contributed by atoms with Crippen molar-refractivity contribution >= 4 is 17.9 Å². The van der Waals surface area contributed by atoms with Crippen LogP contribution in [0.25, 0.3) is 0 Å². The second-order valence-corrected chi connectivity index (χ2v) is 11.1. The molecule has 0 heterocycles. The molecule has 5 nitrogen and oxygen atoms in total. The van der Waals surface area contributed by atoms with E-state index in [2.05, 4.69) is 19.1 Å². The van der Waals surface area contributed by atoms with E-state index in [1.165, 1.54) is 31.2 Å². The predicted octanol–water partition coefficient (Wildman–Crippen LogP) is 7.19. The van der Waals surface area contributed by atoms with Gasteiger partial charge < -0.3 is 9.84 Å². The van der Waals surface area contributed by atoms with Gasteiger partial charge in [0.25, 0.3) is 0 Å². The van der Waals surface area contributed by atoms with Crippen molar-refractivity contribution in [2.24, 2.45) is 10.8 Å². The van der Waals surface area contributed by atoms with Gasteiger partial charge in [0, 0.05) is 6.42 Å². The van der Waals surface area contributed by atoms with Crippen molar-refractivity contribution in [1.82, 2.24) is 0 Å². The first-order valence-corrected chi connectivity index (χ1v) is 13.9. The van der Waals surface area contributed by atoms with Gasteiger partial charge >= 0.3 is 17.9 Å². The van der Waals surface area contributed by atoms with Crippen molar-refractivity contribution < 1.29 is 24.2 Å². The average molecular weight is 485 g/mol. The molecule has 0 spiro atoms. The lowest BCUT2D eigenvalue weighted by atomic mass is 9.52. The zero-order valence-corrected chi connectivity index (χ0v) is 21.6. The zero-order valence-electron chi connectivity index (χ0n) is 21.6. The molecular formula is C30H44O5. The average Bonchev–Trinajstić information content (AvgIpc) is 2.86. The van der Waals surface area contributed by atoms with Crippen molar-refractivity contribution in [3.8, 4) is 0 Å². The highest BCUT2D eigenvalue weighted by Gasteiger charge is 2.53. The topological polar surface area (TPSA) is 80.7 Å². The number of unbranched alkanes of at least 4 members (excludes halogenated alkanes) is 5. The quantitative estimate of drug-likeness (QED) is 0.162. The number of carboxylic acid groups (broad SMARTS) is 1. The summed E-state index contributed by atoms with van der Waals surface area (Å²) in [5.74, 6) is -1.40. The molecule has 1 aromatic rings. The lowest BCUT2D eigenvalue weighted by Crippen LogP contribution is -2.47. The molecule has 2 bridgehead atoms. The van der Waals surface area contributed by atoms with Crippen LogP contribution in [0.5, 0.6) is 0 Å². The van der Waals surface area contributed by atoms with Crippen molar-refractivity contribution in [1.29, 1.82) is 0 Å². The van der Waals surface area contributed by atoms with Gasteiger partial charge in [-0.2, -0.15) is 0 Å². The van der Waals surface area contributed by atoms with Gasteiger partial charge in [0.05, 0.1) is 11.8 Å². The largest absolute Gasteiger partial charge is 0.481 e. The van der Waals surface area contributed by atoms with Gasteiger partial charge in [0.2, 0.25) is 0 Å². The standard InChI is InChI=1S/C30H44O5/c1-2-3-8-17-29-18-21-30(22-19-29,23-20-29)28(34)35-27(33)16-15-25-13-11-24(12-14-25)9-6-4-5-7-10-26(31)32/h11-14H,2-10,15-23H2,1H3,(H,31,32). The first kappa shape index (κ1) is 27.4. The van der Waals surface area contributed by atoms with Crippen molar-refractivity contribution in [2.75, 3.05) is 0 Å². The fourth-order valence-electron chi connectivity index (χ4n) is 6.04. The Labute approximate surface area is 211 Å². The molecule has 3 aliphatic rings. The summed E-state index contributed by atoms with van der Waals surface area (Å²) >= 11 is 0. The molecule has 35 heavy (non-hydrogen) atoms. The molecule has 4 rings (SSSR count). The lowest BCUT2D eigenvalue weighted by Gasteiger charge is -2.52. The smallest absolute Gasteiger partial charge is 0.319 e. The maximum Gasteiger partial charge on any atom is 0.319 e. The van der Waals surface area contributed by atoms with Crippen LogP contribution in [-0.4, -0.2) is 23.0 Å². The number of hydrogen-bond donors (Lipinski definition) is 1. The molecule has 0 amide bonds. The van der Waals surface area contributed by atoms with E-state index < -0.39 is 17.4 Å². The van der Waals surface area contributed by atoms with E-state index in [0.29, 0.717) is 11.8 Å². The highest BCUT2D eigenvalue weighted by Crippen LogP contribution is 2.59. The summed E-state index contributed by atoms with van der Waals surface area (Å²) in [5.41, 5.74) is 2.35. The fourth-order valence-corrected chi connectivity index (χ4v) is 6.04. The number of hydrogen-bond acceptors (Lipinski definition) is 4. The molecule has 3 saturated carbocycles. The number of carbonyl (C=O) groups excluding carboxylic acids is 2. The predicted molar refractivity (Wildman–Crippen MR) is 137 cm³/mol. The monoisotopic (exact) mass is 484 g/mol. The Bertz CT molecular complexity index is 816. The molecule has 194 valence electrons. The van der Waals surface area contributed by atoms with Crippen molar-refractivity contribution in [3.05, 3.63) is 35.4 Å². The molecule has 1 aromatic carbocycles. The Hall–Kier alpha value is -2.17. The van der Waals surface area contributed by atoms with Crippen LogP contribution in [0, 0.1) is 10.8 Å². The summed E-state index contributed by atoms with van der Waals surface area (Å²) < 4.78 is 5.37. The van der Waals surface area contributed by atoms with Crippen LogP contribution in [0.4, 0.5) is 0 Å². The van der Waals surface area contributed by atoms with E-state index in [1.807, 2.05) is 12.1 Å². The zero-order chi connectivity index (χ0) is 25.2. The maximum atomic E-state index is 12.9. The van der Waals surface area contributed by atoms with E-state index >= 15 is 0 Å². The normalized spacial score (nSPS) is 23.2. The summed E-state index contributed by atoms with van der Waals surface area (Å²) in [7, 11) is 0. The van der Waals surface area contributed by atoms with E-state index in [0.717, 1.165) is 76.2 Å². The summed E-state index contributed by atoms with van der Waals surface area (Å²) in [4.78, 5) is 35.9. The highest BCUT2D eigenvalue weighted by atomic mass is 16.6. The van der Waals surface area contributed by atoms with E-state index in [1.54, 1.807) is 0 Å². The molecule has 0 aromatic heterocycles. The Morgan fingerprint density at radius 3 is 1.97 bits per heavy atom. The van der Waals surface area contributed by atoms with Crippen LogP contribution < -0.4 is 0 Å². The number of carbonyl (C=O) groups is 3. The number of aliphatic carboxylic acids is 1. The van der Waals surface area contributed by atoms with Gasteiger partial charge in [-0.15, -0.1) is 0 Å². The summed E-state index contributed by atoms with van der Waals surface area (Å²) in [6, 6.07) is 8.29. The van der Waals surface area contributed by atoms with Crippen LogP contribution in [-0.2, 0) is 32.0 Å². The fraction of sp³-hybridized carbons (Fsp3) is 0.700. The lowest BCUT2D eigenvalue weighted by molar-refractivity contribution is -0.174. The number of fused-ring (bicyclic) bond motifs is 3. The Balaban J connectivity index is 1.34. The third-order valence-corrected chi connectivity index (χ3v) is 8.60. The van der Waals surface area contributed by atoms with Gasteiger partial charge in [0.1, 0.15) is 0 Å². The summed E-state index contributed by atoms with van der Waals surface area (Å²) in [5, 5.41) is 8.67. The molecule has 3 fully saturated rings. The molecular weight excluding hydrogens is 440 g/mol. The molecule has 1 N–H and O–H groups in total. The highest BCUT2D eigenvalue weighted by molar-refractivity contribution is 5.89. The third-order valence-electron chi connectivity index (χ3n) is 8.60. The van der Waals surface area contributed by atoms with Gasteiger partial charge in [-0.3, -0.25) is 14.4 Å². The Morgan fingerprint density at radius 1 is 0.771 bits per heavy atom. The van der Waals surface area contributed by atoms with Gasteiger partial charge in [-0.25, -0.2) is 0 Å². The molecule has 0 radical (unpaired) electrons. The number of aryl methyl sites for hydroxylation is 2. The SMILES string of the molecule is CCCCCC12CCC(C(=O)OC(=O)CCc3ccc(CCCCCCC(=O)O)cc3)(CC1)CC2. The minimum Gasteiger partial charge on any atom is -0.481 e. The number of esters is 2. The van der Waals surface area contributed by atoms with Gasteiger partial charge in [-0.1, -0.05) is 63.3 Å². The second kappa shape index (κ2) is 13.2. The second-order valence-electron chi connectivity index (χ2n) is 11.1. The molecule has 0 unspecified atom stereocenters. The summed E-state index contributed by atoms with van der Waals surface area (Å²) in [6.45, 7) is 2.24. The molecule has 0 atom stereocenters. The first-order valence-electron chi connectivity index (χ1n) is 13.9. The minimum atomic E-state index is -0.722. The molecule has 3 aliphatic carbocycles. The number of ether oxygens (including phenoxy) is 1. The Kier molecular flexibility index (Phi) is 10.4. The maximum absolute atomic E-state index is 12.9. The number of carboxylic acids is 1. The minimum absolute atomic E-state index is 0.228. The van der Waals surface area contributed by atoms with Gasteiger partial charge in [-0.05, 0) is 87.2 Å².